The van der Waals surface area contributed by atoms with Gasteiger partial charge in [0.1, 0.15) is 11.3 Å². The Balaban J connectivity index is 1.60. The Hall–Kier alpha value is -2.64. The van der Waals surface area contributed by atoms with Gasteiger partial charge in [-0.15, -0.1) is 0 Å². The first-order valence-electron chi connectivity index (χ1n) is 8.35. The summed E-state index contributed by atoms with van der Waals surface area (Å²) in [4.78, 5) is 17.1. The number of ether oxygens (including phenoxy) is 1. The molecule has 1 heterocycles. The Kier molecular flexibility index (Phi) is 5.19. The summed E-state index contributed by atoms with van der Waals surface area (Å²) >= 11 is 6.90. The largest absolute Gasteiger partial charge is 0.496 e. The molecule has 0 aliphatic carbocycles. The predicted molar refractivity (Wildman–Crippen MR) is 116 cm³/mol. The molecule has 0 saturated carbocycles. The molecule has 0 bridgehead atoms. The third kappa shape index (κ3) is 3.68. The summed E-state index contributed by atoms with van der Waals surface area (Å²) in [5, 5.41) is 2.88. The van der Waals surface area contributed by atoms with Crippen LogP contribution in [0.25, 0.3) is 22.6 Å². The third-order valence-electron chi connectivity index (χ3n) is 4.16. The van der Waals surface area contributed by atoms with Crippen molar-refractivity contribution in [2.24, 2.45) is 0 Å². The van der Waals surface area contributed by atoms with E-state index in [9.17, 15) is 4.79 Å². The van der Waals surface area contributed by atoms with E-state index in [0.29, 0.717) is 38.5 Å². The Labute approximate surface area is 178 Å². The van der Waals surface area contributed by atoms with Crippen LogP contribution in [0.4, 0.5) is 5.69 Å². The van der Waals surface area contributed by atoms with Crippen molar-refractivity contribution in [1.82, 2.24) is 4.98 Å². The fourth-order valence-corrected chi connectivity index (χ4v) is 3.76. The molecule has 4 aromatic rings. The summed E-state index contributed by atoms with van der Waals surface area (Å²) in [6.45, 7) is 0. The van der Waals surface area contributed by atoms with Gasteiger partial charge in [0, 0.05) is 15.7 Å². The summed E-state index contributed by atoms with van der Waals surface area (Å²) in [5.74, 6) is 0.961. The Morgan fingerprint density at radius 2 is 1.86 bits per heavy atom. The zero-order valence-electron chi connectivity index (χ0n) is 14.7. The lowest BCUT2D eigenvalue weighted by Crippen LogP contribution is -2.11. The second kappa shape index (κ2) is 7.77. The van der Waals surface area contributed by atoms with Gasteiger partial charge in [-0.1, -0.05) is 12.1 Å². The monoisotopic (exact) mass is 500 g/mol. The molecule has 0 spiro atoms. The smallest absolute Gasteiger partial charge is 0.255 e. The minimum absolute atomic E-state index is 0.225. The number of hydrogen-bond acceptors (Lipinski definition) is 4. The standard InChI is InChI=1S/C21H14Br2N2O3/c1-27-18-8-6-12(10-16(18)23)20(26)24-13-7-9-19-17(11-13)25-21(28-19)14-4-2-3-5-15(14)22/h2-11H,1H3,(H,24,26). The minimum Gasteiger partial charge on any atom is -0.496 e. The Morgan fingerprint density at radius 1 is 1.04 bits per heavy atom. The highest BCUT2D eigenvalue weighted by Crippen LogP contribution is 2.31. The van der Waals surface area contributed by atoms with Gasteiger partial charge in [0.2, 0.25) is 5.89 Å². The van der Waals surface area contributed by atoms with Crippen molar-refractivity contribution in [3.05, 3.63) is 75.2 Å². The van der Waals surface area contributed by atoms with Crippen LogP contribution < -0.4 is 10.1 Å². The summed E-state index contributed by atoms with van der Waals surface area (Å²) in [5.41, 5.74) is 3.33. The van der Waals surface area contributed by atoms with Crippen LogP contribution >= 0.6 is 31.9 Å². The van der Waals surface area contributed by atoms with E-state index in [2.05, 4.69) is 42.2 Å². The molecule has 0 fully saturated rings. The summed E-state index contributed by atoms with van der Waals surface area (Å²) in [6.07, 6.45) is 0. The van der Waals surface area contributed by atoms with Gasteiger partial charge in [-0.3, -0.25) is 4.79 Å². The van der Waals surface area contributed by atoms with E-state index in [4.69, 9.17) is 9.15 Å². The molecule has 28 heavy (non-hydrogen) atoms. The fraction of sp³-hybridized carbons (Fsp3) is 0.0476. The zero-order valence-corrected chi connectivity index (χ0v) is 17.9. The number of nitrogens with zero attached hydrogens (tertiary/aromatic N) is 1. The first-order chi connectivity index (χ1) is 13.5. The average molecular weight is 502 g/mol. The van der Waals surface area contributed by atoms with Gasteiger partial charge < -0.3 is 14.5 Å². The number of carbonyl (C=O) groups is 1. The summed E-state index contributed by atoms with van der Waals surface area (Å²) in [7, 11) is 1.58. The second-order valence-electron chi connectivity index (χ2n) is 5.98. The van der Waals surface area contributed by atoms with Crippen molar-refractivity contribution in [1.29, 1.82) is 0 Å². The fourth-order valence-electron chi connectivity index (χ4n) is 2.77. The number of nitrogens with one attached hydrogen (secondary N) is 1. The van der Waals surface area contributed by atoms with Gasteiger partial charge in [-0.2, -0.15) is 0 Å². The average Bonchev–Trinajstić information content (AvgIpc) is 3.11. The van der Waals surface area contributed by atoms with Gasteiger partial charge in [0.25, 0.3) is 5.91 Å². The van der Waals surface area contributed by atoms with Crippen LogP contribution in [0.3, 0.4) is 0 Å². The molecule has 140 valence electrons. The highest BCUT2D eigenvalue weighted by atomic mass is 79.9. The molecule has 0 aliphatic rings. The molecule has 1 amide bonds. The van der Waals surface area contributed by atoms with Crippen molar-refractivity contribution in [3.63, 3.8) is 0 Å². The van der Waals surface area contributed by atoms with E-state index in [1.54, 1.807) is 43.5 Å². The van der Waals surface area contributed by atoms with Crippen molar-refractivity contribution in [2.75, 3.05) is 12.4 Å². The number of carbonyl (C=O) groups excluding carboxylic acids is 1. The highest BCUT2D eigenvalue weighted by molar-refractivity contribution is 9.11. The number of halogens is 2. The van der Waals surface area contributed by atoms with Crippen LogP contribution in [-0.4, -0.2) is 18.0 Å². The van der Waals surface area contributed by atoms with Crippen LogP contribution in [0.2, 0.25) is 0 Å². The Bertz CT molecular complexity index is 1190. The number of methoxy groups -OCH3 is 1. The van der Waals surface area contributed by atoms with E-state index in [1.807, 2.05) is 24.3 Å². The zero-order chi connectivity index (χ0) is 19.7. The maximum atomic E-state index is 12.6. The summed E-state index contributed by atoms with van der Waals surface area (Å²) in [6, 6.07) is 18.2. The van der Waals surface area contributed by atoms with E-state index >= 15 is 0 Å². The lowest BCUT2D eigenvalue weighted by Gasteiger charge is -2.07. The van der Waals surface area contributed by atoms with Crippen molar-refractivity contribution in [2.45, 2.75) is 0 Å². The van der Waals surface area contributed by atoms with Crippen LogP contribution in [-0.2, 0) is 0 Å². The molecule has 1 N–H and O–H groups in total. The molecule has 0 atom stereocenters. The van der Waals surface area contributed by atoms with Crippen LogP contribution in [0, 0.1) is 0 Å². The molecule has 0 saturated heterocycles. The minimum atomic E-state index is -0.225. The van der Waals surface area contributed by atoms with Gasteiger partial charge in [-0.05, 0) is 80.4 Å². The predicted octanol–water partition coefficient (Wildman–Crippen LogP) is 6.28. The van der Waals surface area contributed by atoms with Crippen molar-refractivity contribution in [3.8, 4) is 17.2 Å². The highest BCUT2D eigenvalue weighted by Gasteiger charge is 2.13. The molecule has 0 aliphatic heterocycles. The number of fused-ring (bicyclic) bond motifs is 1. The number of hydrogen-bond donors (Lipinski definition) is 1. The molecule has 4 rings (SSSR count). The molecular weight excluding hydrogens is 488 g/mol. The second-order valence-corrected chi connectivity index (χ2v) is 7.69. The molecule has 5 nitrogen and oxygen atoms in total. The number of anilines is 1. The van der Waals surface area contributed by atoms with E-state index in [1.165, 1.54) is 0 Å². The number of oxazole rings is 1. The van der Waals surface area contributed by atoms with Crippen LogP contribution in [0.1, 0.15) is 10.4 Å². The lowest BCUT2D eigenvalue weighted by molar-refractivity contribution is 0.102. The number of amides is 1. The number of aromatic nitrogens is 1. The van der Waals surface area contributed by atoms with Gasteiger partial charge in [0.05, 0.1) is 17.1 Å². The molecule has 0 radical (unpaired) electrons. The lowest BCUT2D eigenvalue weighted by atomic mass is 10.2. The van der Waals surface area contributed by atoms with Crippen LogP contribution in [0.5, 0.6) is 5.75 Å². The maximum Gasteiger partial charge on any atom is 0.255 e. The molecule has 3 aromatic carbocycles. The Morgan fingerprint density at radius 3 is 2.61 bits per heavy atom. The third-order valence-corrected chi connectivity index (χ3v) is 5.47. The normalized spacial score (nSPS) is 10.8. The SMILES string of the molecule is COc1ccc(C(=O)Nc2ccc3oc(-c4ccccc4Br)nc3c2)cc1Br. The van der Waals surface area contributed by atoms with Gasteiger partial charge >= 0.3 is 0 Å². The first-order valence-corrected chi connectivity index (χ1v) is 9.94. The molecule has 1 aromatic heterocycles. The quantitative estimate of drug-likeness (QED) is 0.357. The maximum absolute atomic E-state index is 12.6. The van der Waals surface area contributed by atoms with E-state index in [0.717, 1.165) is 10.0 Å². The number of rotatable bonds is 4. The van der Waals surface area contributed by atoms with Crippen molar-refractivity contribution >= 4 is 54.6 Å². The van der Waals surface area contributed by atoms with Crippen LogP contribution in [0.15, 0.2) is 74.0 Å². The molecule has 0 unspecified atom stereocenters. The van der Waals surface area contributed by atoms with Gasteiger partial charge in [0.15, 0.2) is 5.58 Å². The molecule has 7 heteroatoms. The van der Waals surface area contributed by atoms with E-state index in [-0.39, 0.29) is 5.91 Å². The summed E-state index contributed by atoms with van der Waals surface area (Å²) < 4.78 is 12.7. The van der Waals surface area contributed by atoms with E-state index < -0.39 is 0 Å². The number of benzene rings is 3. The molecular formula is C21H14Br2N2O3. The van der Waals surface area contributed by atoms with Crippen molar-refractivity contribution < 1.29 is 13.9 Å². The first kappa shape index (κ1) is 18.7. The topological polar surface area (TPSA) is 64.4 Å². The van der Waals surface area contributed by atoms with Gasteiger partial charge in [-0.25, -0.2) is 4.98 Å².